The molecule has 0 radical (unpaired) electrons. The van der Waals surface area contributed by atoms with Crippen LogP contribution in [0.5, 0.6) is 5.75 Å². The quantitative estimate of drug-likeness (QED) is 0.333. The van der Waals surface area contributed by atoms with Crippen molar-refractivity contribution >= 4 is 28.5 Å². The minimum Gasteiger partial charge on any atom is -0.494 e. The van der Waals surface area contributed by atoms with Gasteiger partial charge in [0.15, 0.2) is 6.04 Å². The van der Waals surface area contributed by atoms with Crippen LogP contribution in [0.4, 0.5) is 5.69 Å². The first-order valence-corrected chi connectivity index (χ1v) is 12.4. The summed E-state index contributed by atoms with van der Waals surface area (Å²) in [6.45, 7) is 10.00. The van der Waals surface area contributed by atoms with Crippen molar-refractivity contribution in [3.8, 4) is 5.75 Å². The van der Waals surface area contributed by atoms with E-state index in [1.165, 1.54) is 9.58 Å². The van der Waals surface area contributed by atoms with Crippen LogP contribution in [0.25, 0.3) is 11.0 Å². The van der Waals surface area contributed by atoms with Gasteiger partial charge in [-0.3, -0.25) is 14.5 Å². The Hall–Kier alpha value is -4.14. The summed E-state index contributed by atoms with van der Waals surface area (Å²) in [5, 5.41) is 11.4. The van der Waals surface area contributed by atoms with Gasteiger partial charge in [0.05, 0.1) is 12.1 Å². The summed E-state index contributed by atoms with van der Waals surface area (Å²) in [7, 11) is 0. The van der Waals surface area contributed by atoms with E-state index in [4.69, 9.17) is 9.15 Å². The largest absolute Gasteiger partial charge is 0.494 e. The highest BCUT2D eigenvalue weighted by atomic mass is 16.5. The number of anilines is 1. The molecular formula is C28H33N5O4. The molecule has 1 N–H and O–H groups in total. The molecule has 0 fully saturated rings. The summed E-state index contributed by atoms with van der Waals surface area (Å²) in [5.74, 6) is 0.995. The van der Waals surface area contributed by atoms with Crippen molar-refractivity contribution in [1.82, 2.24) is 20.3 Å². The highest BCUT2D eigenvalue weighted by Crippen LogP contribution is 2.32. The second kappa shape index (κ2) is 10.9. The lowest BCUT2D eigenvalue weighted by atomic mass is 10.0. The zero-order chi connectivity index (χ0) is 26.6. The Morgan fingerprint density at radius 1 is 1.08 bits per heavy atom. The van der Waals surface area contributed by atoms with Crippen LogP contribution in [-0.2, 0) is 16.1 Å². The molecule has 0 saturated carbocycles. The van der Waals surface area contributed by atoms with E-state index in [1.54, 1.807) is 43.3 Å². The predicted octanol–water partition coefficient (Wildman–Crippen LogP) is 4.81. The lowest BCUT2D eigenvalue weighted by molar-refractivity contribution is -0.128. The van der Waals surface area contributed by atoms with Crippen LogP contribution >= 0.6 is 0 Å². The molecule has 2 amide bonds. The maximum atomic E-state index is 14.0. The van der Waals surface area contributed by atoms with Gasteiger partial charge in [-0.25, -0.2) is 4.68 Å². The molecule has 9 heteroatoms. The van der Waals surface area contributed by atoms with Crippen molar-refractivity contribution < 1.29 is 18.7 Å². The standard InChI is InChI=1S/C28H33N5O4/c1-6-28(4,5)29-27(35)26(24-17-12-19(3)37-24)33(20-13-15-21(16-14-20)36-7-2)25(34)18-32-23-11-9-8-10-22(23)30-31-32/h8-17,26H,6-7,18H2,1-5H3,(H,29,35)/t26-/m1/s1. The molecule has 4 rings (SSSR count). The molecule has 0 bridgehead atoms. The third-order valence-corrected chi connectivity index (χ3v) is 6.28. The number of nitrogens with one attached hydrogen (secondary N) is 1. The van der Waals surface area contributed by atoms with Crippen molar-refractivity contribution in [3.63, 3.8) is 0 Å². The van der Waals surface area contributed by atoms with Crippen LogP contribution in [0.15, 0.2) is 65.1 Å². The highest BCUT2D eigenvalue weighted by Gasteiger charge is 2.37. The Balaban J connectivity index is 1.79. The number of fused-ring (bicyclic) bond motifs is 1. The lowest BCUT2D eigenvalue weighted by Crippen LogP contribution is -2.51. The van der Waals surface area contributed by atoms with Crippen molar-refractivity contribution in [3.05, 3.63) is 72.2 Å². The van der Waals surface area contributed by atoms with E-state index < -0.39 is 11.6 Å². The summed E-state index contributed by atoms with van der Waals surface area (Å²) >= 11 is 0. The Morgan fingerprint density at radius 3 is 2.46 bits per heavy atom. The fraction of sp³-hybridized carbons (Fsp3) is 0.357. The van der Waals surface area contributed by atoms with Gasteiger partial charge >= 0.3 is 0 Å². The minimum absolute atomic E-state index is 0.117. The van der Waals surface area contributed by atoms with Crippen LogP contribution in [0.1, 0.15) is 51.7 Å². The van der Waals surface area contributed by atoms with Gasteiger partial charge in [0.2, 0.25) is 5.91 Å². The number of hydrogen-bond acceptors (Lipinski definition) is 6. The first-order chi connectivity index (χ1) is 17.7. The van der Waals surface area contributed by atoms with Crippen LogP contribution in [-0.4, -0.2) is 39.0 Å². The number of para-hydroxylation sites is 1. The number of rotatable bonds is 10. The summed E-state index contributed by atoms with van der Waals surface area (Å²) < 4.78 is 13.0. The van der Waals surface area contributed by atoms with E-state index in [0.29, 0.717) is 41.5 Å². The number of amides is 2. The van der Waals surface area contributed by atoms with Gasteiger partial charge in [-0.15, -0.1) is 5.10 Å². The Morgan fingerprint density at radius 2 is 1.81 bits per heavy atom. The molecule has 37 heavy (non-hydrogen) atoms. The highest BCUT2D eigenvalue weighted by molar-refractivity contribution is 6.01. The van der Waals surface area contributed by atoms with Crippen LogP contribution in [0.3, 0.4) is 0 Å². The van der Waals surface area contributed by atoms with E-state index in [-0.39, 0.29) is 18.4 Å². The second-order valence-electron chi connectivity index (χ2n) is 9.50. The summed E-state index contributed by atoms with van der Waals surface area (Å²) in [6, 6.07) is 17.0. The lowest BCUT2D eigenvalue weighted by Gasteiger charge is -2.33. The topological polar surface area (TPSA) is 102 Å². The van der Waals surface area contributed by atoms with E-state index in [1.807, 2.05) is 52.0 Å². The average molecular weight is 504 g/mol. The number of carbonyl (C=O) groups is 2. The van der Waals surface area contributed by atoms with Gasteiger partial charge < -0.3 is 14.5 Å². The van der Waals surface area contributed by atoms with E-state index in [9.17, 15) is 9.59 Å². The third kappa shape index (κ3) is 5.82. The van der Waals surface area contributed by atoms with Crippen molar-refractivity contribution in [1.29, 1.82) is 0 Å². The Kier molecular flexibility index (Phi) is 7.61. The molecule has 0 aliphatic heterocycles. The van der Waals surface area contributed by atoms with Gasteiger partial charge in [-0.05, 0) is 82.6 Å². The minimum atomic E-state index is -1.04. The first-order valence-electron chi connectivity index (χ1n) is 12.4. The monoisotopic (exact) mass is 503 g/mol. The van der Waals surface area contributed by atoms with Gasteiger partial charge in [0.1, 0.15) is 29.3 Å². The van der Waals surface area contributed by atoms with Crippen LogP contribution in [0.2, 0.25) is 0 Å². The number of aromatic nitrogens is 3. The number of nitrogens with zero attached hydrogens (tertiary/aromatic N) is 4. The fourth-order valence-electron chi connectivity index (χ4n) is 4.01. The van der Waals surface area contributed by atoms with Crippen molar-refractivity contribution in [2.24, 2.45) is 0 Å². The molecule has 2 heterocycles. The molecule has 0 aliphatic carbocycles. The number of ether oxygens (including phenoxy) is 1. The molecular weight excluding hydrogens is 470 g/mol. The van der Waals surface area contributed by atoms with Gasteiger partial charge in [-0.1, -0.05) is 24.3 Å². The second-order valence-corrected chi connectivity index (χ2v) is 9.50. The Labute approximate surface area is 216 Å². The van der Waals surface area contributed by atoms with Crippen LogP contribution < -0.4 is 15.0 Å². The zero-order valence-corrected chi connectivity index (χ0v) is 21.9. The van der Waals surface area contributed by atoms with Gasteiger partial charge in [-0.2, -0.15) is 0 Å². The number of benzene rings is 2. The molecule has 194 valence electrons. The molecule has 4 aromatic rings. The summed E-state index contributed by atoms with van der Waals surface area (Å²) in [4.78, 5) is 29.3. The number of aryl methyl sites for hydroxylation is 1. The third-order valence-electron chi connectivity index (χ3n) is 6.28. The number of furan rings is 1. The predicted molar refractivity (Wildman–Crippen MR) is 141 cm³/mol. The normalized spacial score (nSPS) is 12.4. The Bertz CT molecular complexity index is 1370. The maximum absolute atomic E-state index is 14.0. The number of hydrogen-bond donors (Lipinski definition) is 1. The number of carbonyl (C=O) groups excluding carboxylic acids is 2. The van der Waals surface area contributed by atoms with Gasteiger partial charge in [0, 0.05) is 11.2 Å². The maximum Gasteiger partial charge on any atom is 0.251 e. The molecule has 0 spiro atoms. The van der Waals surface area contributed by atoms with Crippen LogP contribution in [0, 0.1) is 6.92 Å². The smallest absolute Gasteiger partial charge is 0.251 e. The van der Waals surface area contributed by atoms with Crippen molar-refractivity contribution in [2.45, 2.75) is 59.2 Å². The molecule has 9 nitrogen and oxygen atoms in total. The average Bonchev–Trinajstić information content (AvgIpc) is 3.49. The summed E-state index contributed by atoms with van der Waals surface area (Å²) in [5.41, 5.74) is 1.46. The fourth-order valence-corrected chi connectivity index (χ4v) is 4.01. The van der Waals surface area contributed by atoms with E-state index in [2.05, 4.69) is 15.6 Å². The molecule has 0 aliphatic rings. The van der Waals surface area contributed by atoms with Gasteiger partial charge in [0.25, 0.3) is 5.91 Å². The first kappa shape index (κ1) is 25.9. The van der Waals surface area contributed by atoms with E-state index >= 15 is 0 Å². The molecule has 0 unspecified atom stereocenters. The molecule has 2 aromatic carbocycles. The zero-order valence-electron chi connectivity index (χ0n) is 21.9. The molecule has 0 saturated heterocycles. The summed E-state index contributed by atoms with van der Waals surface area (Å²) in [6.07, 6.45) is 0.713. The SMILES string of the molecule is CCOc1ccc(N(C(=O)Cn2nnc3ccccc32)[C@@H](C(=O)NC(C)(C)CC)c2ccc(C)o2)cc1. The molecule has 2 aromatic heterocycles. The van der Waals surface area contributed by atoms with Crippen molar-refractivity contribution in [2.75, 3.05) is 11.5 Å². The molecule has 1 atom stereocenters. The van der Waals surface area contributed by atoms with E-state index in [0.717, 1.165) is 5.52 Å².